The molecule has 0 aliphatic heterocycles. The SMILES string of the molecule is CCC(C)C(NC(=O)OCc1ccccc1C)C(=O)N[C@]1(C(=O)N[C@H](C(N)=O)[C@@H](C)CC)CCc2[nH]c3c(Cl)cc(Cl)cc3c2C1. The Hall–Kier alpha value is -3.76. The molecule has 2 unspecified atom stereocenters. The zero-order chi connectivity index (χ0) is 33.8. The standard InChI is InChI=1S/C34H43Cl2N5O5/c1-6-18(3)27(30(37)42)39-32(44)34(13-12-26-24(16-34)23-14-22(35)15-25(36)29(23)38-26)41-31(43)28(19(4)7-2)40-33(45)46-17-21-11-9-8-10-20(21)5/h8-11,14-15,18-19,27-28,38H,6-7,12-13,16-17H2,1-5H3,(H2,37,42)(H,39,44)(H,40,45)(H,41,43)/t18-,19?,27-,28?,34+/m0/s1. The first-order valence-corrected chi connectivity index (χ1v) is 16.4. The number of rotatable bonds is 12. The first-order valence-electron chi connectivity index (χ1n) is 15.7. The van der Waals surface area contributed by atoms with Crippen molar-refractivity contribution in [3.8, 4) is 0 Å². The van der Waals surface area contributed by atoms with Crippen LogP contribution in [0.5, 0.6) is 0 Å². The van der Waals surface area contributed by atoms with E-state index in [4.69, 9.17) is 33.7 Å². The molecule has 5 atom stereocenters. The second kappa shape index (κ2) is 14.8. The second-order valence-corrected chi connectivity index (χ2v) is 13.2. The number of nitrogens with one attached hydrogen (secondary N) is 4. The molecule has 0 radical (unpaired) electrons. The van der Waals surface area contributed by atoms with Crippen molar-refractivity contribution in [2.24, 2.45) is 17.6 Å². The first kappa shape index (κ1) is 35.1. The summed E-state index contributed by atoms with van der Waals surface area (Å²) in [5.74, 6) is -2.29. The minimum Gasteiger partial charge on any atom is -0.445 e. The van der Waals surface area contributed by atoms with Crippen LogP contribution in [0.1, 0.15) is 69.3 Å². The van der Waals surface area contributed by atoms with Gasteiger partial charge >= 0.3 is 6.09 Å². The summed E-state index contributed by atoms with van der Waals surface area (Å²) in [6.07, 6.45) is 1.12. The molecular weight excluding hydrogens is 629 g/mol. The molecule has 1 heterocycles. The summed E-state index contributed by atoms with van der Waals surface area (Å²) in [4.78, 5) is 57.1. The van der Waals surface area contributed by atoms with Crippen LogP contribution in [0.25, 0.3) is 10.9 Å². The molecule has 0 bridgehead atoms. The first-order chi connectivity index (χ1) is 21.8. The summed E-state index contributed by atoms with van der Waals surface area (Å²) in [6, 6.07) is 9.01. The van der Waals surface area contributed by atoms with Crippen LogP contribution in [0.15, 0.2) is 36.4 Å². The van der Waals surface area contributed by atoms with E-state index in [0.29, 0.717) is 34.8 Å². The maximum absolute atomic E-state index is 14.3. The van der Waals surface area contributed by atoms with Gasteiger partial charge < -0.3 is 31.4 Å². The van der Waals surface area contributed by atoms with E-state index < -0.39 is 41.4 Å². The van der Waals surface area contributed by atoms with Crippen molar-refractivity contribution in [1.82, 2.24) is 20.9 Å². The lowest BCUT2D eigenvalue weighted by Gasteiger charge is -2.39. The normalized spacial score (nSPS) is 18.5. The number of benzene rings is 2. The Balaban J connectivity index is 1.66. The van der Waals surface area contributed by atoms with Gasteiger partial charge in [-0.25, -0.2) is 4.79 Å². The highest BCUT2D eigenvalue weighted by atomic mass is 35.5. The molecule has 1 aliphatic carbocycles. The smallest absolute Gasteiger partial charge is 0.408 e. The Morgan fingerprint density at radius 2 is 1.70 bits per heavy atom. The van der Waals surface area contributed by atoms with Gasteiger partial charge in [0.2, 0.25) is 17.7 Å². The molecule has 1 aromatic heterocycles. The van der Waals surface area contributed by atoms with Crippen LogP contribution in [-0.2, 0) is 38.6 Å². The molecule has 1 aliphatic rings. The fraction of sp³-hybridized carbons (Fsp3) is 0.471. The molecule has 4 rings (SSSR count). The van der Waals surface area contributed by atoms with Gasteiger partial charge in [-0.05, 0) is 60.4 Å². The van der Waals surface area contributed by atoms with Crippen molar-refractivity contribution in [3.63, 3.8) is 0 Å². The summed E-state index contributed by atoms with van der Waals surface area (Å²) in [7, 11) is 0. The summed E-state index contributed by atoms with van der Waals surface area (Å²) in [5.41, 5.74) is 8.39. The Labute approximate surface area is 279 Å². The average Bonchev–Trinajstić information content (AvgIpc) is 3.38. The van der Waals surface area contributed by atoms with Gasteiger partial charge in [0, 0.05) is 22.5 Å². The predicted molar refractivity (Wildman–Crippen MR) is 180 cm³/mol. The van der Waals surface area contributed by atoms with Crippen molar-refractivity contribution in [3.05, 3.63) is 68.8 Å². The third-order valence-corrected chi connectivity index (χ3v) is 9.81. The van der Waals surface area contributed by atoms with Gasteiger partial charge in [0.05, 0.1) is 10.5 Å². The number of amides is 4. The van der Waals surface area contributed by atoms with Gasteiger partial charge in [-0.15, -0.1) is 0 Å². The summed E-state index contributed by atoms with van der Waals surface area (Å²) < 4.78 is 5.48. The number of hydrogen-bond donors (Lipinski definition) is 5. The topological polar surface area (TPSA) is 155 Å². The number of H-pyrrole nitrogens is 1. The number of primary amides is 1. The monoisotopic (exact) mass is 671 g/mol. The molecule has 12 heteroatoms. The second-order valence-electron chi connectivity index (χ2n) is 12.4. The van der Waals surface area contributed by atoms with Crippen molar-refractivity contribution in [2.75, 3.05) is 0 Å². The Bertz CT molecular complexity index is 1620. The molecule has 0 saturated carbocycles. The molecule has 0 saturated heterocycles. The van der Waals surface area contributed by atoms with Crippen molar-refractivity contribution >= 4 is 57.9 Å². The molecule has 248 valence electrons. The van der Waals surface area contributed by atoms with E-state index in [1.54, 1.807) is 12.1 Å². The van der Waals surface area contributed by atoms with Gasteiger partial charge in [0.15, 0.2) is 0 Å². The third kappa shape index (κ3) is 7.61. The Kier molecular flexibility index (Phi) is 11.3. The Morgan fingerprint density at radius 3 is 2.35 bits per heavy atom. The van der Waals surface area contributed by atoms with Crippen molar-refractivity contribution in [1.29, 1.82) is 0 Å². The summed E-state index contributed by atoms with van der Waals surface area (Å²) in [5, 5.41) is 10.2. The van der Waals surface area contributed by atoms with E-state index in [0.717, 1.165) is 27.8 Å². The molecule has 3 aromatic rings. The van der Waals surface area contributed by atoms with E-state index in [9.17, 15) is 19.2 Å². The van der Waals surface area contributed by atoms with Gasteiger partial charge in [-0.1, -0.05) is 88.0 Å². The fourth-order valence-electron chi connectivity index (χ4n) is 5.94. The van der Waals surface area contributed by atoms with Gasteiger partial charge in [0.25, 0.3) is 0 Å². The number of carbonyl (C=O) groups is 4. The summed E-state index contributed by atoms with van der Waals surface area (Å²) in [6.45, 7) is 9.44. The Morgan fingerprint density at radius 1 is 1.02 bits per heavy atom. The van der Waals surface area contributed by atoms with Gasteiger partial charge in [0.1, 0.15) is 24.2 Å². The fourth-order valence-corrected chi connectivity index (χ4v) is 6.48. The molecule has 46 heavy (non-hydrogen) atoms. The maximum Gasteiger partial charge on any atom is 0.408 e. The van der Waals surface area contributed by atoms with Crippen LogP contribution >= 0.6 is 23.2 Å². The lowest BCUT2D eigenvalue weighted by atomic mass is 9.78. The number of carbonyl (C=O) groups excluding carboxylic acids is 4. The van der Waals surface area contributed by atoms with Crippen LogP contribution in [-0.4, -0.2) is 46.4 Å². The highest BCUT2D eigenvalue weighted by Crippen LogP contribution is 2.38. The van der Waals surface area contributed by atoms with E-state index in [-0.39, 0.29) is 31.3 Å². The van der Waals surface area contributed by atoms with Crippen LogP contribution in [0.2, 0.25) is 10.0 Å². The molecule has 0 fully saturated rings. The van der Waals surface area contributed by atoms with Crippen LogP contribution < -0.4 is 21.7 Å². The third-order valence-electron chi connectivity index (χ3n) is 9.29. The minimum atomic E-state index is -1.48. The van der Waals surface area contributed by atoms with Crippen LogP contribution in [0.4, 0.5) is 4.79 Å². The minimum absolute atomic E-state index is 0.0400. The van der Waals surface area contributed by atoms with E-state index in [2.05, 4.69) is 20.9 Å². The maximum atomic E-state index is 14.3. The predicted octanol–water partition coefficient (Wildman–Crippen LogP) is 5.48. The number of aryl methyl sites for hydroxylation is 2. The zero-order valence-corrected chi connectivity index (χ0v) is 28.4. The average molecular weight is 673 g/mol. The molecular formula is C34H43Cl2N5O5. The molecule has 2 aromatic carbocycles. The van der Waals surface area contributed by atoms with Crippen LogP contribution in [0.3, 0.4) is 0 Å². The largest absolute Gasteiger partial charge is 0.445 e. The van der Waals surface area contributed by atoms with E-state index >= 15 is 0 Å². The highest BCUT2D eigenvalue weighted by Gasteiger charge is 2.46. The van der Waals surface area contributed by atoms with Gasteiger partial charge in [-0.2, -0.15) is 0 Å². The van der Waals surface area contributed by atoms with Gasteiger partial charge in [-0.3, -0.25) is 14.4 Å². The van der Waals surface area contributed by atoms with E-state index in [1.807, 2.05) is 58.9 Å². The zero-order valence-electron chi connectivity index (χ0n) is 26.9. The molecule has 10 nitrogen and oxygen atoms in total. The molecule has 6 N–H and O–H groups in total. The highest BCUT2D eigenvalue weighted by molar-refractivity contribution is 6.38. The summed E-state index contributed by atoms with van der Waals surface area (Å²) >= 11 is 12.9. The van der Waals surface area contributed by atoms with Crippen molar-refractivity contribution in [2.45, 2.75) is 91.0 Å². The molecule has 0 spiro atoms. The van der Waals surface area contributed by atoms with E-state index in [1.165, 1.54) is 0 Å². The number of alkyl carbamates (subject to hydrolysis) is 1. The number of aromatic nitrogens is 1. The van der Waals surface area contributed by atoms with Crippen LogP contribution in [0, 0.1) is 18.8 Å². The quantitative estimate of drug-likeness (QED) is 0.172. The number of fused-ring (bicyclic) bond motifs is 3. The number of hydrogen-bond acceptors (Lipinski definition) is 5. The number of halogens is 2. The number of ether oxygens (including phenoxy) is 1. The van der Waals surface area contributed by atoms with Crippen molar-refractivity contribution < 1.29 is 23.9 Å². The lowest BCUT2D eigenvalue weighted by Crippen LogP contribution is -2.67. The molecule has 4 amide bonds. The number of aromatic amines is 1. The number of nitrogens with two attached hydrogens (primary N) is 1. The lowest BCUT2D eigenvalue weighted by molar-refractivity contribution is -0.137.